The van der Waals surface area contributed by atoms with Crippen molar-refractivity contribution >= 4 is 53.6 Å². The van der Waals surface area contributed by atoms with E-state index in [1.54, 1.807) is 6.07 Å². The summed E-state index contributed by atoms with van der Waals surface area (Å²) >= 11 is 12.5. The lowest BCUT2D eigenvalue weighted by molar-refractivity contribution is -0.134. The molecule has 0 unspecified atom stereocenters. The van der Waals surface area contributed by atoms with Crippen molar-refractivity contribution in [1.29, 1.82) is 0 Å². The minimum absolute atomic E-state index is 0.0432. The van der Waals surface area contributed by atoms with Crippen molar-refractivity contribution in [3.63, 3.8) is 0 Å². The first-order valence-corrected chi connectivity index (χ1v) is 15.0. The van der Waals surface area contributed by atoms with Gasteiger partial charge in [0.1, 0.15) is 29.8 Å². The van der Waals surface area contributed by atoms with Crippen LogP contribution in [0.1, 0.15) is 32.6 Å². The number of anilines is 1. The van der Waals surface area contributed by atoms with Gasteiger partial charge in [0.2, 0.25) is 11.2 Å². The third-order valence-electron chi connectivity index (χ3n) is 6.56. The first kappa shape index (κ1) is 30.6. The van der Waals surface area contributed by atoms with E-state index in [0.717, 1.165) is 5.56 Å². The van der Waals surface area contributed by atoms with Gasteiger partial charge in [0.15, 0.2) is 11.9 Å². The number of halogens is 2. The molecule has 16 heteroatoms. The second-order valence-corrected chi connectivity index (χ2v) is 12.7. The van der Waals surface area contributed by atoms with Crippen LogP contribution in [0.3, 0.4) is 0 Å². The molecule has 1 aliphatic heterocycles. The van der Waals surface area contributed by atoms with E-state index in [-0.39, 0.29) is 29.9 Å². The van der Waals surface area contributed by atoms with Gasteiger partial charge < -0.3 is 35.0 Å². The van der Waals surface area contributed by atoms with Crippen molar-refractivity contribution in [3.05, 3.63) is 46.3 Å². The number of aliphatic hydroxyl groups is 2. The van der Waals surface area contributed by atoms with Crippen LogP contribution >= 0.6 is 30.8 Å². The van der Waals surface area contributed by atoms with Crippen molar-refractivity contribution < 1.29 is 34.1 Å². The number of hydrogen-bond donors (Lipinski definition) is 5. The fraction of sp³-hybridized carbons (Fsp3) is 0.500. The quantitative estimate of drug-likeness (QED) is 0.166. The van der Waals surface area contributed by atoms with Crippen LogP contribution in [0.5, 0.6) is 0 Å². The highest BCUT2D eigenvalue weighted by atomic mass is 35.5. The molecular formula is C24H31Cl2N6O7P. The van der Waals surface area contributed by atoms with Crippen LogP contribution in [-0.4, -0.2) is 87.6 Å². The molecular weight excluding hydrogens is 586 g/mol. The van der Waals surface area contributed by atoms with Crippen LogP contribution in [0.25, 0.3) is 11.0 Å². The zero-order chi connectivity index (χ0) is 29.4. The summed E-state index contributed by atoms with van der Waals surface area (Å²) in [4.78, 5) is 41.0. The number of rotatable bonds is 10. The predicted octanol–water partition coefficient (Wildman–Crippen LogP) is 2.42. The van der Waals surface area contributed by atoms with Gasteiger partial charge >= 0.3 is 7.60 Å². The Labute approximate surface area is 240 Å². The molecule has 0 aliphatic carbocycles. The Kier molecular flexibility index (Phi) is 9.08. The molecule has 0 bridgehead atoms. The van der Waals surface area contributed by atoms with Crippen molar-refractivity contribution in [2.75, 3.05) is 24.6 Å². The second kappa shape index (κ2) is 11.9. The molecule has 2 aromatic heterocycles. The number of carbonyl (C=O) groups is 1. The van der Waals surface area contributed by atoms with Gasteiger partial charge in [0.25, 0.3) is 0 Å². The van der Waals surface area contributed by atoms with E-state index in [1.807, 2.05) is 32.0 Å². The molecule has 1 aliphatic rings. The number of hydrogen-bond acceptors (Lipinski definition) is 9. The lowest BCUT2D eigenvalue weighted by Crippen LogP contribution is -2.51. The Hall–Kier alpha value is -2.35. The molecule has 1 saturated heterocycles. The van der Waals surface area contributed by atoms with Gasteiger partial charge in [-0.25, -0.2) is 4.68 Å². The molecule has 3 heterocycles. The largest absolute Gasteiger partial charge is 0.385 e. The molecule has 218 valence electrons. The fourth-order valence-corrected chi connectivity index (χ4v) is 5.43. The highest BCUT2D eigenvalue weighted by Crippen LogP contribution is 2.40. The number of benzene rings is 1. The Morgan fingerprint density at radius 1 is 1.27 bits per heavy atom. The third kappa shape index (κ3) is 6.75. The van der Waals surface area contributed by atoms with Crippen molar-refractivity contribution in [2.24, 2.45) is 5.92 Å². The maximum Gasteiger partial charge on any atom is 0.334 e. The van der Waals surface area contributed by atoms with Crippen molar-refractivity contribution in [2.45, 2.75) is 51.4 Å². The molecule has 4 rings (SSSR count). The third-order valence-corrected chi connectivity index (χ3v) is 7.78. The molecule has 13 nitrogen and oxygen atoms in total. The molecule has 4 atom stereocenters. The molecule has 0 spiro atoms. The Morgan fingerprint density at radius 2 is 1.98 bits per heavy atom. The van der Waals surface area contributed by atoms with Crippen LogP contribution in [0.2, 0.25) is 10.3 Å². The summed E-state index contributed by atoms with van der Waals surface area (Å²) in [7, 11) is -4.62. The summed E-state index contributed by atoms with van der Waals surface area (Å²) < 4.78 is 18.8. The van der Waals surface area contributed by atoms with Crippen LogP contribution in [0, 0.1) is 5.92 Å². The van der Waals surface area contributed by atoms with Gasteiger partial charge in [-0.15, -0.1) is 0 Å². The van der Waals surface area contributed by atoms with Gasteiger partial charge in [-0.2, -0.15) is 15.1 Å². The molecule has 40 heavy (non-hydrogen) atoms. The maximum absolute atomic E-state index is 12.7. The predicted molar refractivity (Wildman–Crippen MR) is 148 cm³/mol. The van der Waals surface area contributed by atoms with E-state index in [1.165, 1.54) is 22.7 Å². The lowest BCUT2D eigenvalue weighted by Gasteiger charge is -2.32. The minimum Gasteiger partial charge on any atom is -0.385 e. The van der Waals surface area contributed by atoms with Crippen LogP contribution in [-0.2, 0) is 20.6 Å². The van der Waals surface area contributed by atoms with E-state index >= 15 is 0 Å². The molecule has 0 saturated carbocycles. The first-order valence-electron chi connectivity index (χ1n) is 12.4. The number of nitrogens with one attached hydrogen (secondary N) is 1. The summed E-state index contributed by atoms with van der Waals surface area (Å²) in [5.41, 5.74) is -0.811. The molecule has 5 N–H and O–H groups in total. The Balaban J connectivity index is 1.60. The number of carbonyl (C=O) groups excluding carboxylic acids is 1. The minimum atomic E-state index is -4.62. The average Bonchev–Trinajstić information content (AvgIpc) is 3.35. The van der Waals surface area contributed by atoms with Crippen molar-refractivity contribution in [1.82, 2.24) is 24.6 Å². The summed E-state index contributed by atoms with van der Waals surface area (Å²) in [5, 5.41) is 30.7. The molecule has 1 amide bonds. The van der Waals surface area contributed by atoms with E-state index in [2.05, 4.69) is 20.4 Å². The number of ether oxygens (including phenoxy) is 1. The maximum atomic E-state index is 12.7. The van der Waals surface area contributed by atoms with Gasteiger partial charge in [0, 0.05) is 24.7 Å². The highest BCUT2D eigenvalue weighted by molar-refractivity contribution is 7.52. The topological polar surface area (TPSA) is 183 Å². The van der Waals surface area contributed by atoms with Crippen LogP contribution in [0.15, 0.2) is 30.5 Å². The van der Waals surface area contributed by atoms with Crippen LogP contribution in [0.4, 0.5) is 5.82 Å². The Bertz CT molecular complexity index is 1430. The summed E-state index contributed by atoms with van der Waals surface area (Å²) in [5.74, 6) is -0.473. The number of amides is 1. The van der Waals surface area contributed by atoms with Gasteiger partial charge in [-0.3, -0.25) is 9.36 Å². The van der Waals surface area contributed by atoms with Gasteiger partial charge in [-0.1, -0.05) is 43.6 Å². The first-order chi connectivity index (χ1) is 18.7. The number of nitrogens with zero attached hydrogens (tertiary/aromatic N) is 5. The summed E-state index contributed by atoms with van der Waals surface area (Å²) in [6, 6.07) is 7.30. The molecule has 1 fully saturated rings. The molecule has 0 radical (unpaired) electrons. The summed E-state index contributed by atoms with van der Waals surface area (Å²) in [6.45, 7) is 5.29. The zero-order valence-electron chi connectivity index (χ0n) is 22.0. The monoisotopic (exact) mass is 616 g/mol. The standard InChI is InChI=1S/C24H31Cl2N6O7P/c1-13(2)10-31(18(33)12-40(36,37)38)11-17-24(3,35)19(34)22(39-17)32-21-15(9-28-32)20(29-23(26)30-21)27-8-14-6-4-5-7-16(14)25/h4-7,9,13,17,19,22,34-35H,8,10-12H2,1-3H3,(H,27,29,30)(H2,36,37,38)/t17-,19+,22-,24-/m1/s1. The van der Waals surface area contributed by atoms with Crippen LogP contribution < -0.4 is 5.32 Å². The molecule has 3 aromatic rings. The van der Waals surface area contributed by atoms with Gasteiger partial charge in [0.05, 0.1) is 11.6 Å². The van der Waals surface area contributed by atoms with Crippen molar-refractivity contribution in [3.8, 4) is 0 Å². The lowest BCUT2D eigenvalue weighted by atomic mass is 9.94. The molecule has 1 aromatic carbocycles. The Morgan fingerprint density at radius 3 is 2.62 bits per heavy atom. The SMILES string of the molecule is CC(C)CN(C[C@H]1O[C@@H](n2ncc3c(NCc4ccccc4Cl)nc(Cl)nc32)[C@H](O)[C@]1(C)O)C(=O)CP(=O)(O)O. The van der Waals surface area contributed by atoms with E-state index in [4.69, 9.17) is 27.9 Å². The number of aliphatic hydroxyl groups excluding tert-OH is 1. The smallest absolute Gasteiger partial charge is 0.334 e. The second-order valence-electron chi connectivity index (χ2n) is 10.3. The number of aromatic nitrogens is 4. The number of fused-ring (bicyclic) bond motifs is 1. The average molecular weight is 617 g/mol. The summed E-state index contributed by atoms with van der Waals surface area (Å²) in [6.07, 6.45) is -3.37. The highest BCUT2D eigenvalue weighted by Gasteiger charge is 2.54. The van der Waals surface area contributed by atoms with E-state index in [0.29, 0.717) is 22.8 Å². The van der Waals surface area contributed by atoms with E-state index in [9.17, 15) is 29.4 Å². The zero-order valence-corrected chi connectivity index (χ0v) is 24.4. The van der Waals surface area contributed by atoms with Gasteiger partial charge in [-0.05, 0) is 36.1 Å². The normalized spacial score (nSPS) is 23.2. The van der Waals surface area contributed by atoms with E-state index < -0.39 is 43.7 Å². The fourth-order valence-electron chi connectivity index (χ4n) is 4.51.